The Balaban J connectivity index is 1.60. The lowest BCUT2D eigenvalue weighted by Crippen LogP contribution is -2.39. The standard InChI is InChI=1S/C26H27N3O4S/c1-3-32-25(31)22-17(2)27-26-29(23(22)18-10-6-4-7-11-18)24(30)20(34-26)16-19-12-13-21(33-19)28-14-8-5-9-15-28/h4,6-7,10-13,16,23H,3,5,8-9,14-15H2,1-2H3/b20-16+/t23-/m0/s1. The molecule has 1 atom stereocenters. The minimum absolute atomic E-state index is 0.206. The monoisotopic (exact) mass is 477 g/mol. The summed E-state index contributed by atoms with van der Waals surface area (Å²) in [6, 6.07) is 12.8. The molecular formula is C26H27N3O4S. The molecule has 0 aliphatic carbocycles. The molecule has 4 heterocycles. The van der Waals surface area contributed by atoms with Crippen LogP contribution in [0.1, 0.15) is 50.5 Å². The van der Waals surface area contributed by atoms with E-state index in [0.29, 0.717) is 26.4 Å². The fourth-order valence-corrected chi connectivity index (χ4v) is 5.60. The number of fused-ring (bicyclic) bond motifs is 1. The molecule has 1 fully saturated rings. The second-order valence-corrected chi connectivity index (χ2v) is 9.45. The molecule has 7 nitrogen and oxygen atoms in total. The van der Waals surface area contributed by atoms with Gasteiger partial charge in [-0.2, -0.15) is 0 Å². The fourth-order valence-electron chi connectivity index (χ4n) is 4.58. The first-order chi connectivity index (χ1) is 16.6. The Hall–Kier alpha value is -3.39. The van der Waals surface area contributed by atoms with Crippen LogP contribution in [-0.2, 0) is 9.53 Å². The van der Waals surface area contributed by atoms with Gasteiger partial charge in [0.2, 0.25) is 0 Å². The largest absolute Gasteiger partial charge is 0.463 e. The van der Waals surface area contributed by atoms with Gasteiger partial charge in [-0.3, -0.25) is 9.36 Å². The van der Waals surface area contributed by atoms with E-state index in [1.165, 1.54) is 17.8 Å². The fraction of sp³-hybridized carbons (Fsp3) is 0.346. The molecule has 2 aliphatic rings. The number of esters is 1. The zero-order chi connectivity index (χ0) is 23.7. The molecule has 34 heavy (non-hydrogen) atoms. The van der Waals surface area contributed by atoms with Crippen molar-refractivity contribution in [2.75, 3.05) is 24.6 Å². The van der Waals surface area contributed by atoms with E-state index in [2.05, 4.69) is 9.89 Å². The Morgan fingerprint density at radius 3 is 2.68 bits per heavy atom. The van der Waals surface area contributed by atoms with E-state index in [-0.39, 0.29) is 12.2 Å². The molecule has 0 spiro atoms. The van der Waals surface area contributed by atoms with Gasteiger partial charge in [-0.15, -0.1) is 0 Å². The van der Waals surface area contributed by atoms with Crippen molar-refractivity contribution in [1.29, 1.82) is 0 Å². The first-order valence-electron chi connectivity index (χ1n) is 11.7. The second kappa shape index (κ2) is 9.46. The van der Waals surface area contributed by atoms with Crippen LogP contribution in [0, 0.1) is 0 Å². The van der Waals surface area contributed by atoms with Gasteiger partial charge in [-0.05, 0) is 44.7 Å². The molecule has 0 saturated carbocycles. The number of ether oxygens (including phenoxy) is 1. The molecule has 2 aliphatic heterocycles. The van der Waals surface area contributed by atoms with Crippen LogP contribution < -0.4 is 19.8 Å². The lowest BCUT2D eigenvalue weighted by atomic mass is 9.96. The smallest absolute Gasteiger partial charge is 0.338 e. The van der Waals surface area contributed by atoms with Crippen LogP contribution in [-0.4, -0.2) is 30.2 Å². The van der Waals surface area contributed by atoms with Gasteiger partial charge in [0.05, 0.1) is 28.5 Å². The molecule has 0 radical (unpaired) electrons. The average Bonchev–Trinajstić information content (AvgIpc) is 3.44. The topological polar surface area (TPSA) is 77.0 Å². The highest BCUT2D eigenvalue weighted by Gasteiger charge is 2.33. The van der Waals surface area contributed by atoms with E-state index in [9.17, 15) is 9.59 Å². The van der Waals surface area contributed by atoms with Crippen molar-refractivity contribution in [2.24, 2.45) is 4.99 Å². The van der Waals surface area contributed by atoms with Crippen molar-refractivity contribution in [3.63, 3.8) is 0 Å². The van der Waals surface area contributed by atoms with E-state index >= 15 is 0 Å². The predicted octanol–water partition coefficient (Wildman–Crippen LogP) is 3.38. The van der Waals surface area contributed by atoms with Gasteiger partial charge >= 0.3 is 5.97 Å². The SMILES string of the molecule is CCOC(=O)C1=C(C)N=c2s/c(=C/c3ccc(N4CCCCC4)o3)c(=O)n2[C@H]1c1ccccc1. The highest BCUT2D eigenvalue weighted by molar-refractivity contribution is 7.07. The van der Waals surface area contributed by atoms with Crippen LogP contribution in [0.25, 0.3) is 6.08 Å². The van der Waals surface area contributed by atoms with Crippen LogP contribution >= 0.6 is 11.3 Å². The number of piperidine rings is 1. The number of hydrogen-bond donors (Lipinski definition) is 0. The van der Waals surface area contributed by atoms with Gasteiger partial charge in [0.1, 0.15) is 5.76 Å². The number of allylic oxidation sites excluding steroid dienone is 1. The lowest BCUT2D eigenvalue weighted by molar-refractivity contribution is -0.139. The maximum absolute atomic E-state index is 13.6. The zero-order valence-corrected chi connectivity index (χ0v) is 20.1. The minimum atomic E-state index is -0.598. The van der Waals surface area contributed by atoms with Crippen molar-refractivity contribution in [3.05, 3.63) is 84.7 Å². The number of aromatic nitrogens is 1. The molecule has 2 aromatic heterocycles. The maximum Gasteiger partial charge on any atom is 0.338 e. The first kappa shape index (κ1) is 22.4. The number of carbonyl (C=O) groups is 1. The summed E-state index contributed by atoms with van der Waals surface area (Å²) in [6.45, 7) is 5.78. The van der Waals surface area contributed by atoms with Crippen LogP contribution in [0.4, 0.5) is 5.88 Å². The first-order valence-corrected chi connectivity index (χ1v) is 12.5. The summed E-state index contributed by atoms with van der Waals surface area (Å²) in [5.74, 6) is 1.01. The third kappa shape index (κ3) is 4.14. The van der Waals surface area contributed by atoms with E-state index in [4.69, 9.17) is 9.15 Å². The van der Waals surface area contributed by atoms with Gasteiger partial charge in [0.25, 0.3) is 5.56 Å². The molecular weight excluding hydrogens is 450 g/mol. The highest BCUT2D eigenvalue weighted by atomic mass is 32.1. The number of rotatable bonds is 5. The van der Waals surface area contributed by atoms with Crippen molar-refractivity contribution < 1.29 is 13.9 Å². The van der Waals surface area contributed by atoms with E-state index in [1.54, 1.807) is 24.5 Å². The van der Waals surface area contributed by atoms with Crippen LogP contribution in [0.3, 0.4) is 0 Å². The van der Waals surface area contributed by atoms with Crippen LogP contribution in [0.15, 0.2) is 67.9 Å². The minimum Gasteiger partial charge on any atom is -0.463 e. The predicted molar refractivity (Wildman–Crippen MR) is 132 cm³/mol. The van der Waals surface area contributed by atoms with Gasteiger partial charge in [-0.25, -0.2) is 9.79 Å². The van der Waals surface area contributed by atoms with Gasteiger partial charge in [-0.1, -0.05) is 41.7 Å². The number of benzene rings is 1. The molecule has 1 aromatic carbocycles. The Morgan fingerprint density at radius 2 is 1.94 bits per heavy atom. The molecule has 0 amide bonds. The normalized spacial score (nSPS) is 18.6. The number of hydrogen-bond acceptors (Lipinski definition) is 7. The van der Waals surface area contributed by atoms with E-state index in [0.717, 1.165) is 37.4 Å². The Kier molecular flexibility index (Phi) is 6.24. The van der Waals surface area contributed by atoms with Crippen molar-refractivity contribution in [1.82, 2.24) is 4.57 Å². The number of anilines is 1. The maximum atomic E-state index is 13.6. The number of nitrogens with zero attached hydrogens (tertiary/aromatic N) is 3. The Labute approximate surface area is 201 Å². The van der Waals surface area contributed by atoms with Gasteiger partial charge < -0.3 is 14.1 Å². The van der Waals surface area contributed by atoms with E-state index in [1.807, 2.05) is 42.5 Å². The Morgan fingerprint density at radius 1 is 1.18 bits per heavy atom. The Bertz CT molecular complexity index is 1410. The van der Waals surface area contributed by atoms with Crippen molar-refractivity contribution in [3.8, 4) is 0 Å². The summed E-state index contributed by atoms with van der Waals surface area (Å²) < 4.78 is 13.5. The second-order valence-electron chi connectivity index (χ2n) is 8.44. The summed E-state index contributed by atoms with van der Waals surface area (Å²) in [6.07, 6.45) is 5.34. The molecule has 176 valence electrons. The van der Waals surface area contributed by atoms with Gasteiger partial charge in [0, 0.05) is 25.2 Å². The summed E-state index contributed by atoms with van der Waals surface area (Å²) in [7, 11) is 0. The molecule has 3 aromatic rings. The number of carbonyl (C=O) groups excluding carboxylic acids is 1. The molecule has 8 heteroatoms. The zero-order valence-electron chi connectivity index (χ0n) is 19.3. The molecule has 5 rings (SSSR count). The van der Waals surface area contributed by atoms with Crippen molar-refractivity contribution >= 4 is 29.3 Å². The highest BCUT2D eigenvalue weighted by Crippen LogP contribution is 2.30. The number of thiazole rings is 1. The van der Waals surface area contributed by atoms with Crippen molar-refractivity contribution in [2.45, 2.75) is 39.2 Å². The summed E-state index contributed by atoms with van der Waals surface area (Å²) >= 11 is 1.30. The van der Waals surface area contributed by atoms with Crippen LogP contribution in [0.5, 0.6) is 0 Å². The number of furan rings is 1. The summed E-state index contributed by atoms with van der Waals surface area (Å²) in [5, 5.41) is 0. The summed E-state index contributed by atoms with van der Waals surface area (Å²) in [4.78, 5) is 33.9. The third-order valence-electron chi connectivity index (χ3n) is 6.19. The molecule has 0 N–H and O–H groups in total. The average molecular weight is 478 g/mol. The molecule has 1 saturated heterocycles. The third-order valence-corrected chi connectivity index (χ3v) is 7.17. The summed E-state index contributed by atoms with van der Waals surface area (Å²) in [5.41, 5.74) is 1.57. The van der Waals surface area contributed by atoms with Gasteiger partial charge in [0.15, 0.2) is 10.7 Å². The lowest BCUT2D eigenvalue weighted by Gasteiger charge is -2.25. The van der Waals surface area contributed by atoms with Crippen LogP contribution in [0.2, 0.25) is 0 Å². The molecule has 0 unspecified atom stereocenters. The van der Waals surface area contributed by atoms with E-state index < -0.39 is 12.0 Å². The molecule has 0 bridgehead atoms. The quantitative estimate of drug-likeness (QED) is 0.527.